The first-order chi connectivity index (χ1) is 9.53. The molecular formula is C13H11ClN2O2S2. The van der Waals surface area contributed by atoms with Crippen LogP contribution in [-0.2, 0) is 10.0 Å². The smallest absolute Gasteiger partial charge is 0.271 e. The van der Waals surface area contributed by atoms with Gasteiger partial charge in [-0.1, -0.05) is 35.6 Å². The maximum Gasteiger partial charge on any atom is 0.271 e. The first-order valence-electron chi connectivity index (χ1n) is 5.59. The van der Waals surface area contributed by atoms with E-state index in [0.717, 1.165) is 11.3 Å². The van der Waals surface area contributed by atoms with Crippen LogP contribution in [0.15, 0.2) is 40.6 Å². The van der Waals surface area contributed by atoms with Gasteiger partial charge in [0.1, 0.15) is 4.21 Å². The lowest BCUT2D eigenvalue weighted by atomic mass is 10.2. The highest BCUT2D eigenvalue weighted by atomic mass is 35.5. The van der Waals surface area contributed by atoms with Crippen LogP contribution in [0.25, 0.3) is 0 Å². The van der Waals surface area contributed by atoms with Gasteiger partial charge in [-0.2, -0.15) is 0 Å². The van der Waals surface area contributed by atoms with E-state index in [0.29, 0.717) is 15.6 Å². The molecule has 2 aromatic rings. The van der Waals surface area contributed by atoms with Crippen molar-refractivity contribution in [2.75, 3.05) is 11.3 Å². The molecule has 1 aromatic carbocycles. The van der Waals surface area contributed by atoms with Gasteiger partial charge >= 0.3 is 0 Å². The molecule has 0 amide bonds. The number of nitrogens with one attached hydrogen (secondary N) is 1. The summed E-state index contributed by atoms with van der Waals surface area (Å²) < 4.78 is 27.5. The van der Waals surface area contributed by atoms with Crippen LogP contribution >= 0.6 is 22.9 Å². The lowest BCUT2D eigenvalue weighted by molar-refractivity contribution is 0.603. The molecule has 20 heavy (non-hydrogen) atoms. The van der Waals surface area contributed by atoms with Gasteiger partial charge in [-0.25, -0.2) is 8.42 Å². The van der Waals surface area contributed by atoms with Gasteiger partial charge in [-0.15, -0.1) is 11.3 Å². The van der Waals surface area contributed by atoms with E-state index in [1.807, 2.05) is 0 Å². The van der Waals surface area contributed by atoms with E-state index < -0.39 is 10.0 Å². The maximum absolute atomic E-state index is 12.2. The third kappa shape index (κ3) is 3.52. The number of rotatable bonds is 3. The Morgan fingerprint density at radius 2 is 2.00 bits per heavy atom. The molecule has 0 aliphatic rings. The average molecular weight is 327 g/mol. The molecule has 0 bridgehead atoms. The lowest BCUT2D eigenvalue weighted by Gasteiger charge is -2.08. The fraction of sp³-hybridized carbons (Fsp3) is 0.0769. The Balaban J connectivity index is 2.35. The number of halogens is 1. The Bertz CT molecular complexity index is 773. The van der Waals surface area contributed by atoms with Crippen molar-refractivity contribution < 1.29 is 8.42 Å². The summed E-state index contributed by atoms with van der Waals surface area (Å²) in [6, 6.07) is 9.88. The molecule has 0 radical (unpaired) electrons. The van der Waals surface area contributed by atoms with Crippen LogP contribution in [-0.4, -0.2) is 15.0 Å². The van der Waals surface area contributed by atoms with Crippen LogP contribution in [0.4, 0.5) is 5.69 Å². The van der Waals surface area contributed by atoms with Gasteiger partial charge < -0.3 is 5.73 Å². The fourth-order valence-electron chi connectivity index (χ4n) is 1.46. The summed E-state index contributed by atoms with van der Waals surface area (Å²) in [4.78, 5) is 0. The number of sulfonamides is 1. The van der Waals surface area contributed by atoms with Crippen molar-refractivity contribution in [2.45, 2.75) is 4.21 Å². The molecule has 0 saturated carbocycles. The molecule has 0 aliphatic heterocycles. The highest BCUT2D eigenvalue weighted by molar-refractivity contribution is 7.94. The Morgan fingerprint density at radius 3 is 2.65 bits per heavy atom. The van der Waals surface area contributed by atoms with E-state index in [9.17, 15) is 8.42 Å². The van der Waals surface area contributed by atoms with Crippen LogP contribution in [0, 0.1) is 11.8 Å². The van der Waals surface area contributed by atoms with Crippen molar-refractivity contribution in [3.8, 4) is 11.8 Å². The number of anilines is 1. The largest absolute Gasteiger partial charge is 0.320 e. The van der Waals surface area contributed by atoms with Crippen molar-refractivity contribution in [2.24, 2.45) is 5.73 Å². The van der Waals surface area contributed by atoms with Gasteiger partial charge in [-0.05, 0) is 24.3 Å². The molecule has 1 aromatic heterocycles. The molecule has 3 N–H and O–H groups in total. The summed E-state index contributed by atoms with van der Waals surface area (Å²) >= 11 is 6.76. The quantitative estimate of drug-likeness (QED) is 0.851. The van der Waals surface area contributed by atoms with Crippen LogP contribution in [0.5, 0.6) is 0 Å². The predicted octanol–water partition coefficient (Wildman–Crippen LogP) is 2.51. The molecule has 7 heteroatoms. The minimum absolute atomic E-state index is 0.157. The molecule has 104 valence electrons. The molecule has 2 rings (SSSR count). The number of hydrogen-bond donors (Lipinski definition) is 2. The average Bonchev–Trinajstić information content (AvgIpc) is 2.85. The van der Waals surface area contributed by atoms with Crippen molar-refractivity contribution in [1.29, 1.82) is 0 Å². The summed E-state index contributed by atoms with van der Waals surface area (Å²) in [7, 11) is -3.65. The predicted molar refractivity (Wildman–Crippen MR) is 82.5 cm³/mol. The molecule has 4 nitrogen and oxygen atoms in total. The second-order valence-corrected chi connectivity index (χ2v) is 7.34. The first kappa shape index (κ1) is 14.9. The molecule has 0 saturated heterocycles. The van der Waals surface area contributed by atoms with E-state index in [2.05, 4.69) is 16.6 Å². The van der Waals surface area contributed by atoms with E-state index in [-0.39, 0.29) is 10.8 Å². The fourth-order valence-corrected chi connectivity index (χ4v) is 4.03. The maximum atomic E-state index is 12.2. The first-order valence-corrected chi connectivity index (χ1v) is 8.27. The number of thiophene rings is 1. The van der Waals surface area contributed by atoms with Gasteiger partial charge in [0.15, 0.2) is 0 Å². The summed E-state index contributed by atoms with van der Waals surface area (Å²) in [5.41, 5.74) is 6.31. The second-order valence-electron chi connectivity index (χ2n) is 3.72. The van der Waals surface area contributed by atoms with E-state index >= 15 is 0 Å². The number of hydrogen-bond acceptors (Lipinski definition) is 4. The Kier molecular flexibility index (Phi) is 4.68. The molecule has 0 spiro atoms. The van der Waals surface area contributed by atoms with Crippen molar-refractivity contribution in [3.63, 3.8) is 0 Å². The summed E-state index contributed by atoms with van der Waals surface area (Å²) in [5.74, 6) is 5.53. The highest BCUT2D eigenvalue weighted by Gasteiger charge is 2.17. The Labute approximate surface area is 126 Å². The normalized spacial score (nSPS) is 10.7. The summed E-state index contributed by atoms with van der Waals surface area (Å²) in [6.07, 6.45) is 0. The van der Waals surface area contributed by atoms with E-state index in [1.165, 1.54) is 6.07 Å². The number of nitrogens with two attached hydrogens (primary N) is 1. The Morgan fingerprint density at radius 1 is 1.25 bits per heavy atom. The van der Waals surface area contributed by atoms with Crippen molar-refractivity contribution in [3.05, 3.63) is 46.3 Å². The van der Waals surface area contributed by atoms with E-state index in [1.54, 1.807) is 30.3 Å². The second kappa shape index (κ2) is 6.29. The van der Waals surface area contributed by atoms with Gasteiger partial charge in [0.25, 0.3) is 10.0 Å². The monoisotopic (exact) mass is 326 g/mol. The third-order valence-corrected chi connectivity index (χ3v) is 5.40. The SMILES string of the molecule is NCC#Cc1ccccc1NS(=O)(=O)c1ccc(Cl)s1. The van der Waals surface area contributed by atoms with Crippen LogP contribution in [0.2, 0.25) is 4.34 Å². The van der Waals surface area contributed by atoms with Gasteiger partial charge in [0, 0.05) is 5.56 Å². The molecule has 0 atom stereocenters. The number of benzene rings is 1. The van der Waals surface area contributed by atoms with Crippen LogP contribution in [0.3, 0.4) is 0 Å². The Hall–Kier alpha value is -1.52. The standard InChI is InChI=1S/C13H11ClN2O2S2/c14-12-7-8-13(19-12)20(17,18)16-11-6-2-1-4-10(11)5-3-9-15/h1-2,4,6-8,16H,9,15H2. The zero-order valence-corrected chi connectivity index (χ0v) is 12.6. The lowest BCUT2D eigenvalue weighted by Crippen LogP contribution is -2.12. The third-order valence-electron chi connectivity index (χ3n) is 2.31. The minimum atomic E-state index is -3.65. The van der Waals surface area contributed by atoms with Gasteiger partial charge in [0.2, 0.25) is 0 Å². The van der Waals surface area contributed by atoms with Crippen molar-refractivity contribution in [1.82, 2.24) is 0 Å². The zero-order chi connectivity index (χ0) is 14.6. The van der Waals surface area contributed by atoms with Gasteiger partial charge in [-0.3, -0.25) is 4.72 Å². The summed E-state index contributed by atoms with van der Waals surface area (Å²) in [6.45, 7) is 0.210. The van der Waals surface area contributed by atoms with Gasteiger partial charge in [0.05, 0.1) is 16.6 Å². The molecule has 0 aliphatic carbocycles. The highest BCUT2D eigenvalue weighted by Crippen LogP contribution is 2.27. The summed E-state index contributed by atoms with van der Waals surface area (Å²) in [5, 5.41) is 0. The minimum Gasteiger partial charge on any atom is -0.320 e. The van der Waals surface area contributed by atoms with Crippen LogP contribution in [0.1, 0.15) is 5.56 Å². The van der Waals surface area contributed by atoms with E-state index in [4.69, 9.17) is 17.3 Å². The molecule has 1 heterocycles. The molecule has 0 fully saturated rings. The zero-order valence-electron chi connectivity index (χ0n) is 10.3. The number of para-hydroxylation sites is 1. The van der Waals surface area contributed by atoms with Crippen molar-refractivity contribution >= 4 is 38.6 Å². The van der Waals surface area contributed by atoms with Crippen LogP contribution < -0.4 is 10.5 Å². The molecular weight excluding hydrogens is 316 g/mol. The molecule has 0 unspecified atom stereocenters. The topological polar surface area (TPSA) is 72.2 Å².